The Kier molecular flexibility index (Phi) is 6.18. The van der Waals surface area contributed by atoms with Gasteiger partial charge in [0, 0.05) is 6.54 Å². The highest BCUT2D eigenvalue weighted by molar-refractivity contribution is 7.89. The molecular weight excluding hydrogens is 382 g/mol. The topological polar surface area (TPSA) is 46.2 Å². The standard InChI is InChI=1S/C23H27NO2SSi/c1-19-14-16-21(17-15-19)27(25,26)24-18-23(20-10-6-4-7-11-20)28(2,3)22-12-8-5-9-13-22/h4-17,23-24H,18H2,1-3H3. The van der Waals surface area contributed by atoms with Gasteiger partial charge in [-0.2, -0.15) is 0 Å². The SMILES string of the molecule is Cc1ccc(S(=O)(=O)NCC(c2ccccc2)[Si](C)(C)c2ccccc2)cc1. The second kappa shape index (κ2) is 8.43. The van der Waals surface area contributed by atoms with Crippen LogP contribution in [0, 0.1) is 6.92 Å². The molecule has 0 amide bonds. The van der Waals surface area contributed by atoms with Gasteiger partial charge in [-0.1, -0.05) is 96.6 Å². The van der Waals surface area contributed by atoms with Gasteiger partial charge in [0.2, 0.25) is 10.0 Å². The fraction of sp³-hybridized carbons (Fsp3) is 0.217. The molecule has 0 aliphatic carbocycles. The third kappa shape index (κ3) is 4.61. The maximum absolute atomic E-state index is 12.8. The maximum Gasteiger partial charge on any atom is 0.240 e. The number of nitrogens with one attached hydrogen (secondary N) is 1. The van der Waals surface area contributed by atoms with Crippen LogP contribution in [0.1, 0.15) is 16.7 Å². The molecule has 0 fully saturated rings. The molecule has 0 bridgehead atoms. The zero-order valence-corrected chi connectivity index (χ0v) is 18.4. The normalized spacial score (nSPS) is 13.2. The van der Waals surface area contributed by atoms with E-state index >= 15 is 0 Å². The number of sulfonamides is 1. The summed E-state index contributed by atoms with van der Waals surface area (Å²) in [6.07, 6.45) is 0. The molecule has 0 aliphatic rings. The van der Waals surface area contributed by atoms with E-state index in [1.165, 1.54) is 10.8 Å². The van der Waals surface area contributed by atoms with Crippen molar-refractivity contribution >= 4 is 23.3 Å². The van der Waals surface area contributed by atoms with Gasteiger partial charge in [-0.05, 0) is 30.2 Å². The zero-order chi connectivity index (χ0) is 20.2. The van der Waals surface area contributed by atoms with Gasteiger partial charge in [-0.25, -0.2) is 13.1 Å². The van der Waals surface area contributed by atoms with E-state index in [9.17, 15) is 8.42 Å². The molecule has 0 spiro atoms. The van der Waals surface area contributed by atoms with Gasteiger partial charge in [-0.3, -0.25) is 0 Å². The van der Waals surface area contributed by atoms with Crippen molar-refractivity contribution < 1.29 is 8.42 Å². The Morgan fingerprint density at radius 2 is 1.36 bits per heavy atom. The maximum atomic E-state index is 12.8. The monoisotopic (exact) mass is 409 g/mol. The molecule has 3 rings (SSSR count). The average molecular weight is 410 g/mol. The summed E-state index contributed by atoms with van der Waals surface area (Å²) in [5.74, 6) is 0. The lowest BCUT2D eigenvalue weighted by atomic mass is 10.1. The lowest BCUT2D eigenvalue weighted by Crippen LogP contribution is -2.51. The van der Waals surface area contributed by atoms with Crippen molar-refractivity contribution in [2.75, 3.05) is 6.54 Å². The minimum Gasteiger partial charge on any atom is -0.211 e. The second-order valence-corrected chi connectivity index (χ2v) is 14.2. The van der Waals surface area contributed by atoms with E-state index in [2.05, 4.69) is 54.2 Å². The van der Waals surface area contributed by atoms with Crippen LogP contribution in [-0.2, 0) is 10.0 Å². The summed E-state index contributed by atoms with van der Waals surface area (Å²) in [5, 5.41) is 1.32. The summed E-state index contributed by atoms with van der Waals surface area (Å²) in [4.78, 5) is 0.309. The molecule has 28 heavy (non-hydrogen) atoms. The van der Waals surface area contributed by atoms with Crippen molar-refractivity contribution in [2.24, 2.45) is 0 Å². The smallest absolute Gasteiger partial charge is 0.211 e. The lowest BCUT2D eigenvalue weighted by molar-refractivity contribution is 0.580. The second-order valence-electron chi connectivity index (χ2n) is 7.72. The van der Waals surface area contributed by atoms with E-state index in [1.54, 1.807) is 12.1 Å². The Balaban J connectivity index is 1.91. The first-order valence-electron chi connectivity index (χ1n) is 9.47. The molecule has 3 aromatic carbocycles. The minimum absolute atomic E-state index is 0.122. The summed E-state index contributed by atoms with van der Waals surface area (Å²) in [5.41, 5.74) is 2.34. The largest absolute Gasteiger partial charge is 0.240 e. The number of hydrogen-bond donors (Lipinski definition) is 1. The average Bonchev–Trinajstić information content (AvgIpc) is 2.70. The first-order chi connectivity index (χ1) is 13.3. The quantitative estimate of drug-likeness (QED) is 0.594. The third-order valence-electron chi connectivity index (χ3n) is 5.40. The van der Waals surface area contributed by atoms with Crippen LogP contribution in [0.25, 0.3) is 0 Å². The van der Waals surface area contributed by atoms with Crippen LogP contribution in [0.5, 0.6) is 0 Å². The summed E-state index contributed by atoms with van der Waals surface area (Å²) >= 11 is 0. The zero-order valence-electron chi connectivity index (χ0n) is 16.6. The first-order valence-corrected chi connectivity index (χ1v) is 14.0. The van der Waals surface area contributed by atoms with E-state index in [0.29, 0.717) is 11.4 Å². The predicted octanol–water partition coefficient (Wildman–Crippen LogP) is 4.21. The fourth-order valence-electron chi connectivity index (χ4n) is 3.54. The van der Waals surface area contributed by atoms with E-state index in [-0.39, 0.29) is 5.54 Å². The van der Waals surface area contributed by atoms with Crippen LogP contribution in [0.2, 0.25) is 13.1 Å². The molecule has 0 heterocycles. The lowest BCUT2D eigenvalue weighted by Gasteiger charge is -2.33. The Morgan fingerprint density at radius 3 is 1.93 bits per heavy atom. The van der Waals surface area contributed by atoms with Crippen molar-refractivity contribution in [3.63, 3.8) is 0 Å². The van der Waals surface area contributed by atoms with Crippen molar-refractivity contribution in [2.45, 2.75) is 30.5 Å². The van der Waals surface area contributed by atoms with Gasteiger partial charge in [0.25, 0.3) is 0 Å². The molecule has 0 aliphatic heterocycles. The summed E-state index contributed by atoms with van der Waals surface area (Å²) in [6, 6.07) is 27.7. The molecule has 0 aromatic heterocycles. The van der Waals surface area contributed by atoms with Gasteiger partial charge in [0.1, 0.15) is 0 Å². The molecule has 1 N–H and O–H groups in total. The third-order valence-corrected chi connectivity index (χ3v) is 10.9. The Hall–Kier alpha value is -2.21. The number of hydrogen-bond acceptors (Lipinski definition) is 2. The van der Waals surface area contributed by atoms with Crippen LogP contribution in [0.3, 0.4) is 0 Å². The van der Waals surface area contributed by atoms with Crippen LogP contribution >= 0.6 is 0 Å². The van der Waals surface area contributed by atoms with E-state index in [0.717, 1.165) is 5.56 Å². The molecule has 146 valence electrons. The molecule has 5 heteroatoms. The molecular formula is C23H27NO2SSi. The van der Waals surface area contributed by atoms with Gasteiger partial charge >= 0.3 is 0 Å². The first kappa shape index (κ1) is 20.5. The molecule has 3 nitrogen and oxygen atoms in total. The number of benzene rings is 3. The van der Waals surface area contributed by atoms with Crippen LogP contribution in [0.4, 0.5) is 0 Å². The van der Waals surface area contributed by atoms with Gasteiger partial charge in [0.15, 0.2) is 0 Å². The van der Waals surface area contributed by atoms with Gasteiger partial charge < -0.3 is 0 Å². The van der Waals surface area contributed by atoms with E-state index in [1.807, 2.05) is 43.3 Å². The van der Waals surface area contributed by atoms with Crippen LogP contribution < -0.4 is 9.91 Å². The molecule has 0 radical (unpaired) electrons. The molecule has 0 saturated heterocycles. The fourth-order valence-corrected chi connectivity index (χ4v) is 7.82. The number of rotatable bonds is 7. The Labute approximate surface area is 169 Å². The molecule has 1 unspecified atom stereocenters. The van der Waals surface area contributed by atoms with Crippen molar-refractivity contribution in [3.8, 4) is 0 Å². The van der Waals surface area contributed by atoms with E-state index < -0.39 is 18.1 Å². The van der Waals surface area contributed by atoms with Gasteiger partial charge in [-0.15, -0.1) is 0 Å². The van der Waals surface area contributed by atoms with Crippen LogP contribution in [0.15, 0.2) is 89.8 Å². The van der Waals surface area contributed by atoms with Crippen molar-refractivity contribution in [1.29, 1.82) is 0 Å². The van der Waals surface area contributed by atoms with E-state index in [4.69, 9.17) is 0 Å². The highest BCUT2D eigenvalue weighted by atomic mass is 32.2. The summed E-state index contributed by atoms with van der Waals surface area (Å²) in [6.45, 7) is 6.94. The molecule has 3 aromatic rings. The van der Waals surface area contributed by atoms with Crippen molar-refractivity contribution in [1.82, 2.24) is 4.72 Å². The Bertz CT molecular complexity index is 1000. The van der Waals surface area contributed by atoms with Crippen molar-refractivity contribution in [3.05, 3.63) is 96.1 Å². The molecule has 1 atom stereocenters. The van der Waals surface area contributed by atoms with Gasteiger partial charge in [0.05, 0.1) is 13.0 Å². The molecule has 0 saturated carbocycles. The number of aryl methyl sites for hydroxylation is 1. The summed E-state index contributed by atoms with van der Waals surface area (Å²) in [7, 11) is -5.54. The summed E-state index contributed by atoms with van der Waals surface area (Å²) < 4.78 is 28.6. The highest BCUT2D eigenvalue weighted by Gasteiger charge is 2.35. The minimum atomic E-state index is -3.55. The predicted molar refractivity (Wildman–Crippen MR) is 119 cm³/mol. The highest BCUT2D eigenvalue weighted by Crippen LogP contribution is 2.27. The van der Waals surface area contributed by atoms with Crippen LogP contribution in [-0.4, -0.2) is 23.0 Å². The Morgan fingerprint density at radius 1 is 0.821 bits per heavy atom.